The van der Waals surface area contributed by atoms with Crippen LogP contribution in [0, 0.1) is 10.8 Å². The average Bonchev–Trinajstić information content (AvgIpc) is 2.73. The highest BCUT2D eigenvalue weighted by Gasteiger charge is 2.25. The molecule has 0 saturated carbocycles. The van der Waals surface area contributed by atoms with Gasteiger partial charge in [0, 0.05) is 23.7 Å². The van der Waals surface area contributed by atoms with Crippen LogP contribution in [0.1, 0.15) is 74.1 Å². The van der Waals surface area contributed by atoms with Crippen molar-refractivity contribution in [1.82, 2.24) is 0 Å². The van der Waals surface area contributed by atoms with E-state index in [-0.39, 0.29) is 43.2 Å². The number of aliphatic carboxylic acids is 1. The van der Waals surface area contributed by atoms with Crippen molar-refractivity contribution in [3.05, 3.63) is 35.4 Å². The van der Waals surface area contributed by atoms with E-state index < -0.39 is 28.7 Å². The van der Waals surface area contributed by atoms with Crippen LogP contribution in [0.3, 0.4) is 0 Å². The molecule has 184 valence electrons. The molecule has 0 aliphatic heterocycles. The molecule has 0 fully saturated rings. The fourth-order valence-electron chi connectivity index (χ4n) is 2.67. The SMILES string of the molecule is CC(C)(COCC(C)(C)COC(=O)c1ccc(C(=O)O)cc1)COC(=O)CCCCC(=O)O. The number of carbonyl (C=O) groups excluding carboxylic acids is 2. The molecule has 0 atom stereocenters. The fraction of sp³-hybridized carbons (Fsp3) is 0.583. The van der Waals surface area contributed by atoms with Crippen molar-refractivity contribution in [2.24, 2.45) is 10.8 Å². The van der Waals surface area contributed by atoms with Gasteiger partial charge >= 0.3 is 23.9 Å². The third-order valence-corrected chi connectivity index (χ3v) is 4.59. The molecule has 1 rings (SSSR count). The summed E-state index contributed by atoms with van der Waals surface area (Å²) in [6.45, 7) is 8.50. The Morgan fingerprint density at radius 1 is 0.727 bits per heavy atom. The molecule has 2 N–H and O–H groups in total. The summed E-state index contributed by atoms with van der Waals surface area (Å²) in [5, 5.41) is 17.5. The maximum atomic E-state index is 12.2. The Morgan fingerprint density at radius 2 is 1.21 bits per heavy atom. The van der Waals surface area contributed by atoms with E-state index in [1.807, 2.05) is 27.7 Å². The molecule has 9 nitrogen and oxygen atoms in total. The average molecular weight is 467 g/mol. The van der Waals surface area contributed by atoms with E-state index in [4.69, 9.17) is 24.4 Å². The van der Waals surface area contributed by atoms with Crippen LogP contribution in [0.4, 0.5) is 0 Å². The zero-order chi connectivity index (χ0) is 25.1. The van der Waals surface area contributed by atoms with Crippen LogP contribution < -0.4 is 0 Å². The van der Waals surface area contributed by atoms with Gasteiger partial charge in [0.25, 0.3) is 0 Å². The highest BCUT2D eigenvalue weighted by atomic mass is 16.5. The Kier molecular flexibility index (Phi) is 11.0. The van der Waals surface area contributed by atoms with Crippen molar-refractivity contribution in [3.63, 3.8) is 0 Å². The largest absolute Gasteiger partial charge is 0.481 e. The quantitative estimate of drug-likeness (QED) is 0.292. The summed E-state index contributed by atoms with van der Waals surface area (Å²) in [7, 11) is 0. The van der Waals surface area contributed by atoms with Crippen molar-refractivity contribution >= 4 is 23.9 Å². The molecule has 33 heavy (non-hydrogen) atoms. The number of benzene rings is 1. The van der Waals surface area contributed by atoms with Crippen LogP contribution in [0.15, 0.2) is 24.3 Å². The molecule has 0 aliphatic carbocycles. The molecule has 0 aliphatic rings. The molecule has 0 bridgehead atoms. The number of esters is 2. The van der Waals surface area contributed by atoms with E-state index in [2.05, 4.69) is 0 Å². The van der Waals surface area contributed by atoms with Crippen molar-refractivity contribution in [3.8, 4) is 0 Å². The van der Waals surface area contributed by atoms with Crippen molar-refractivity contribution in [2.45, 2.75) is 53.4 Å². The van der Waals surface area contributed by atoms with Gasteiger partial charge in [-0.05, 0) is 37.1 Å². The smallest absolute Gasteiger partial charge is 0.338 e. The molecular formula is C24H34O9. The first-order valence-electron chi connectivity index (χ1n) is 10.8. The monoisotopic (exact) mass is 466 g/mol. The maximum absolute atomic E-state index is 12.2. The van der Waals surface area contributed by atoms with Gasteiger partial charge in [-0.1, -0.05) is 27.7 Å². The molecule has 1 aromatic carbocycles. The lowest BCUT2D eigenvalue weighted by Gasteiger charge is -2.28. The molecule has 0 spiro atoms. The lowest BCUT2D eigenvalue weighted by molar-refractivity contribution is -0.148. The fourth-order valence-corrected chi connectivity index (χ4v) is 2.67. The first kappa shape index (κ1) is 28.1. The van der Waals surface area contributed by atoms with Crippen LogP contribution >= 0.6 is 0 Å². The van der Waals surface area contributed by atoms with Gasteiger partial charge in [0.1, 0.15) is 0 Å². The number of hydrogen-bond acceptors (Lipinski definition) is 7. The minimum Gasteiger partial charge on any atom is -0.481 e. The highest BCUT2D eigenvalue weighted by molar-refractivity contribution is 5.92. The Morgan fingerprint density at radius 3 is 1.73 bits per heavy atom. The molecular weight excluding hydrogens is 432 g/mol. The summed E-state index contributed by atoms with van der Waals surface area (Å²) in [5.41, 5.74) is -0.530. The van der Waals surface area contributed by atoms with Crippen LogP contribution in [0.2, 0.25) is 0 Å². The van der Waals surface area contributed by atoms with Gasteiger partial charge in [-0.3, -0.25) is 9.59 Å². The number of hydrogen-bond donors (Lipinski definition) is 2. The van der Waals surface area contributed by atoms with Gasteiger partial charge in [0.15, 0.2) is 0 Å². The molecule has 9 heteroatoms. The number of unbranched alkanes of at least 4 members (excludes halogenated alkanes) is 1. The van der Waals surface area contributed by atoms with Crippen molar-refractivity contribution in [1.29, 1.82) is 0 Å². The van der Waals surface area contributed by atoms with Gasteiger partial charge in [-0.2, -0.15) is 0 Å². The molecule has 0 amide bonds. The molecule has 0 radical (unpaired) electrons. The number of aromatic carboxylic acids is 1. The Bertz CT molecular complexity index is 810. The minimum atomic E-state index is -1.07. The number of carbonyl (C=O) groups is 4. The second kappa shape index (κ2) is 12.9. The predicted molar refractivity (Wildman–Crippen MR) is 119 cm³/mol. The highest BCUT2D eigenvalue weighted by Crippen LogP contribution is 2.21. The summed E-state index contributed by atoms with van der Waals surface area (Å²) in [6, 6.07) is 5.51. The molecule has 1 aromatic rings. The lowest BCUT2D eigenvalue weighted by atomic mass is 9.94. The number of ether oxygens (including phenoxy) is 3. The summed E-state index contributed by atoms with van der Waals surface area (Å²) in [6.07, 6.45) is 1.12. The second-order valence-electron chi connectivity index (χ2n) is 9.54. The number of carboxylic acid groups (broad SMARTS) is 2. The normalized spacial score (nSPS) is 11.6. The third-order valence-electron chi connectivity index (χ3n) is 4.59. The van der Waals surface area contributed by atoms with E-state index in [0.29, 0.717) is 26.1 Å². The first-order valence-corrected chi connectivity index (χ1v) is 10.8. The van der Waals surface area contributed by atoms with Crippen LogP contribution in [-0.2, 0) is 23.8 Å². The number of carboxylic acids is 2. The summed E-state index contributed by atoms with van der Waals surface area (Å²) in [4.78, 5) is 45.3. The Labute approximate surface area is 194 Å². The van der Waals surface area contributed by atoms with Crippen LogP contribution in [-0.4, -0.2) is 60.5 Å². The maximum Gasteiger partial charge on any atom is 0.338 e. The lowest BCUT2D eigenvalue weighted by Crippen LogP contribution is -2.32. The third kappa shape index (κ3) is 12.0. The first-order chi connectivity index (χ1) is 15.3. The van der Waals surface area contributed by atoms with Gasteiger partial charge in [0.05, 0.1) is 37.6 Å². The van der Waals surface area contributed by atoms with E-state index in [0.717, 1.165) is 0 Å². The zero-order valence-corrected chi connectivity index (χ0v) is 19.7. The summed E-state index contributed by atoms with van der Waals surface area (Å²) >= 11 is 0. The molecule has 0 saturated heterocycles. The molecule has 0 unspecified atom stereocenters. The molecule has 0 heterocycles. The van der Waals surface area contributed by atoms with Crippen molar-refractivity contribution < 1.29 is 43.6 Å². The standard InChI is InChI=1S/C24H34O9/c1-23(2,15-32-20(27)8-6-5-7-19(25)26)13-31-14-24(3,4)16-33-22(30)18-11-9-17(10-12-18)21(28)29/h9-12H,5-8,13-16H2,1-4H3,(H,25,26)(H,28,29). The van der Waals surface area contributed by atoms with Crippen LogP contribution in [0.5, 0.6) is 0 Å². The topological polar surface area (TPSA) is 136 Å². The van der Waals surface area contributed by atoms with Crippen LogP contribution in [0.25, 0.3) is 0 Å². The minimum absolute atomic E-state index is 0.0364. The van der Waals surface area contributed by atoms with Gasteiger partial charge in [0.2, 0.25) is 0 Å². The number of rotatable bonds is 15. The van der Waals surface area contributed by atoms with E-state index in [9.17, 15) is 19.2 Å². The second-order valence-corrected chi connectivity index (χ2v) is 9.54. The van der Waals surface area contributed by atoms with E-state index in [1.54, 1.807) is 0 Å². The summed E-state index contributed by atoms with van der Waals surface area (Å²) in [5.74, 6) is -2.86. The van der Waals surface area contributed by atoms with Gasteiger partial charge in [-0.15, -0.1) is 0 Å². The van der Waals surface area contributed by atoms with Gasteiger partial charge < -0.3 is 24.4 Å². The van der Waals surface area contributed by atoms with Gasteiger partial charge in [-0.25, -0.2) is 9.59 Å². The molecule has 0 aromatic heterocycles. The van der Waals surface area contributed by atoms with E-state index >= 15 is 0 Å². The van der Waals surface area contributed by atoms with E-state index in [1.165, 1.54) is 24.3 Å². The Balaban J connectivity index is 2.33. The summed E-state index contributed by atoms with van der Waals surface area (Å²) < 4.78 is 16.4. The zero-order valence-electron chi connectivity index (χ0n) is 19.7. The Hall–Kier alpha value is -2.94. The predicted octanol–water partition coefficient (Wildman–Crippen LogP) is 3.80. The van der Waals surface area contributed by atoms with Crippen molar-refractivity contribution in [2.75, 3.05) is 26.4 Å².